The van der Waals surface area contributed by atoms with Crippen LogP contribution in [0.15, 0.2) is 17.2 Å². The van der Waals surface area contributed by atoms with E-state index in [9.17, 15) is 9.59 Å². The van der Waals surface area contributed by atoms with Crippen LogP contribution >= 0.6 is 0 Å². The third-order valence-corrected chi connectivity index (χ3v) is 3.14. The number of carbonyl (C=O) groups excluding carboxylic acids is 1. The Morgan fingerprint density at radius 1 is 1.50 bits per heavy atom. The zero-order chi connectivity index (χ0) is 15.5. The van der Waals surface area contributed by atoms with Crippen molar-refractivity contribution in [2.24, 2.45) is 0 Å². The molecule has 0 aliphatic carbocycles. The fourth-order valence-corrected chi connectivity index (χ4v) is 1.79. The summed E-state index contributed by atoms with van der Waals surface area (Å²) in [4.78, 5) is 30.0. The Bertz CT molecular complexity index is 531. The monoisotopic (exact) mass is 280 g/mol. The lowest BCUT2D eigenvalue weighted by Crippen LogP contribution is -2.42. The molecule has 0 fully saturated rings. The van der Waals surface area contributed by atoms with Gasteiger partial charge in [0.2, 0.25) is 5.91 Å². The molecule has 1 N–H and O–H groups in total. The summed E-state index contributed by atoms with van der Waals surface area (Å²) in [6.45, 7) is 10.1. The first-order valence-electron chi connectivity index (χ1n) is 6.78. The molecule has 1 atom stereocenters. The molecule has 20 heavy (non-hydrogen) atoms. The van der Waals surface area contributed by atoms with E-state index in [1.807, 2.05) is 27.7 Å². The highest BCUT2D eigenvalue weighted by Gasteiger charge is 2.20. The van der Waals surface area contributed by atoms with E-state index in [0.717, 1.165) is 0 Å². The van der Waals surface area contributed by atoms with Crippen LogP contribution in [0.4, 0.5) is 5.82 Å². The van der Waals surface area contributed by atoms with Crippen LogP contribution in [0.1, 0.15) is 34.6 Å². The van der Waals surface area contributed by atoms with E-state index in [1.54, 1.807) is 35.8 Å². The van der Waals surface area contributed by atoms with Crippen LogP contribution in [0, 0.1) is 0 Å². The second-order valence-corrected chi connectivity index (χ2v) is 5.84. The molecule has 0 spiro atoms. The number of amides is 1. The Hall–Kier alpha value is -1.85. The molecule has 1 rings (SSSR count). The molecule has 0 radical (unpaired) electrons. The molecule has 1 aromatic rings. The van der Waals surface area contributed by atoms with Crippen molar-refractivity contribution in [1.82, 2.24) is 14.5 Å². The van der Waals surface area contributed by atoms with Crippen molar-refractivity contribution in [1.29, 1.82) is 0 Å². The van der Waals surface area contributed by atoms with Gasteiger partial charge in [0.1, 0.15) is 6.04 Å². The molecule has 6 heteroatoms. The van der Waals surface area contributed by atoms with Gasteiger partial charge in [0.25, 0.3) is 5.56 Å². The van der Waals surface area contributed by atoms with Crippen molar-refractivity contribution < 1.29 is 4.79 Å². The van der Waals surface area contributed by atoms with Crippen molar-refractivity contribution in [3.8, 4) is 0 Å². The standard InChI is InChI=1S/C14H24N4O2/c1-7-17(6)12(19)10(2)16-11-13(20)18(9-8-15-11)14(3,4)5/h8-10H,7H2,1-6H3,(H,15,16). The first kappa shape index (κ1) is 16.2. The summed E-state index contributed by atoms with van der Waals surface area (Å²) in [5.41, 5.74) is -0.553. The van der Waals surface area contributed by atoms with Gasteiger partial charge < -0.3 is 14.8 Å². The van der Waals surface area contributed by atoms with Crippen molar-refractivity contribution in [3.05, 3.63) is 22.7 Å². The molecule has 0 aliphatic rings. The third kappa shape index (κ3) is 3.59. The van der Waals surface area contributed by atoms with Gasteiger partial charge in [0.15, 0.2) is 5.82 Å². The van der Waals surface area contributed by atoms with Crippen LogP contribution in [0.2, 0.25) is 0 Å². The van der Waals surface area contributed by atoms with Crippen molar-refractivity contribution in [3.63, 3.8) is 0 Å². The predicted molar refractivity (Wildman–Crippen MR) is 79.9 cm³/mol. The average molecular weight is 280 g/mol. The topological polar surface area (TPSA) is 67.2 Å². The number of likely N-dealkylation sites (N-methyl/N-ethyl adjacent to an activating group) is 1. The van der Waals surface area contributed by atoms with Gasteiger partial charge in [0.05, 0.1) is 0 Å². The van der Waals surface area contributed by atoms with Gasteiger partial charge in [-0.2, -0.15) is 0 Å². The van der Waals surface area contributed by atoms with E-state index in [0.29, 0.717) is 6.54 Å². The highest BCUT2D eigenvalue weighted by Crippen LogP contribution is 2.11. The summed E-state index contributed by atoms with van der Waals surface area (Å²) in [5, 5.41) is 2.90. The van der Waals surface area contributed by atoms with Gasteiger partial charge in [-0.05, 0) is 34.6 Å². The van der Waals surface area contributed by atoms with Crippen LogP contribution in [-0.2, 0) is 10.3 Å². The number of nitrogens with one attached hydrogen (secondary N) is 1. The van der Waals surface area contributed by atoms with Gasteiger partial charge in [-0.1, -0.05) is 0 Å². The Balaban J connectivity index is 3.00. The molecule has 1 unspecified atom stereocenters. The van der Waals surface area contributed by atoms with Crippen LogP contribution < -0.4 is 10.9 Å². The van der Waals surface area contributed by atoms with Gasteiger partial charge in [-0.15, -0.1) is 0 Å². The first-order chi connectivity index (χ1) is 9.18. The van der Waals surface area contributed by atoms with E-state index in [2.05, 4.69) is 10.3 Å². The average Bonchev–Trinajstić information content (AvgIpc) is 2.37. The maximum atomic E-state index is 12.3. The molecule has 0 aliphatic heterocycles. The maximum absolute atomic E-state index is 12.3. The molecule has 0 bridgehead atoms. The molecule has 0 saturated heterocycles. The van der Waals surface area contributed by atoms with Crippen LogP contribution in [0.25, 0.3) is 0 Å². The van der Waals surface area contributed by atoms with E-state index < -0.39 is 6.04 Å². The minimum Gasteiger partial charge on any atom is -0.354 e. The number of carbonyl (C=O) groups is 1. The summed E-state index contributed by atoms with van der Waals surface area (Å²) < 4.78 is 1.60. The SMILES string of the molecule is CCN(C)C(=O)C(C)Nc1nccn(C(C)(C)C)c1=O. The van der Waals surface area contributed by atoms with E-state index >= 15 is 0 Å². The molecule has 6 nitrogen and oxygen atoms in total. The van der Waals surface area contributed by atoms with Crippen LogP contribution in [0.5, 0.6) is 0 Å². The molecular formula is C14H24N4O2. The van der Waals surface area contributed by atoms with E-state index in [1.165, 1.54) is 0 Å². The number of rotatable bonds is 4. The fraction of sp³-hybridized carbons (Fsp3) is 0.643. The number of anilines is 1. The Kier molecular flexibility index (Phi) is 4.92. The van der Waals surface area contributed by atoms with Gasteiger partial charge in [0, 0.05) is 31.5 Å². The smallest absolute Gasteiger partial charge is 0.293 e. The normalized spacial score (nSPS) is 12.9. The van der Waals surface area contributed by atoms with Crippen molar-refractivity contribution >= 4 is 11.7 Å². The Morgan fingerprint density at radius 3 is 2.60 bits per heavy atom. The lowest BCUT2D eigenvalue weighted by atomic mass is 10.1. The molecule has 0 aromatic carbocycles. The molecular weight excluding hydrogens is 256 g/mol. The van der Waals surface area contributed by atoms with Crippen molar-refractivity contribution in [2.45, 2.75) is 46.2 Å². The van der Waals surface area contributed by atoms with Crippen LogP contribution in [0.3, 0.4) is 0 Å². The second-order valence-electron chi connectivity index (χ2n) is 5.84. The summed E-state index contributed by atoms with van der Waals surface area (Å²) >= 11 is 0. The Labute approximate surface area is 119 Å². The van der Waals surface area contributed by atoms with Gasteiger partial charge >= 0.3 is 0 Å². The number of nitrogens with zero attached hydrogens (tertiary/aromatic N) is 3. The summed E-state index contributed by atoms with van der Waals surface area (Å²) in [5.74, 6) is 0.132. The molecule has 0 saturated carbocycles. The molecule has 1 heterocycles. The fourth-order valence-electron chi connectivity index (χ4n) is 1.79. The number of hydrogen-bond donors (Lipinski definition) is 1. The van der Waals surface area contributed by atoms with Gasteiger partial charge in [-0.3, -0.25) is 9.59 Å². The minimum absolute atomic E-state index is 0.0696. The zero-order valence-corrected chi connectivity index (χ0v) is 13.1. The summed E-state index contributed by atoms with van der Waals surface area (Å²) in [6, 6.07) is -0.490. The third-order valence-electron chi connectivity index (χ3n) is 3.14. The largest absolute Gasteiger partial charge is 0.354 e. The molecule has 112 valence electrons. The summed E-state index contributed by atoms with van der Waals surface area (Å²) in [7, 11) is 1.73. The van der Waals surface area contributed by atoms with Gasteiger partial charge in [-0.25, -0.2) is 4.98 Å². The van der Waals surface area contributed by atoms with E-state index in [-0.39, 0.29) is 22.8 Å². The minimum atomic E-state index is -0.490. The maximum Gasteiger partial charge on any atom is 0.293 e. The first-order valence-corrected chi connectivity index (χ1v) is 6.78. The number of hydrogen-bond acceptors (Lipinski definition) is 4. The zero-order valence-electron chi connectivity index (χ0n) is 13.1. The van der Waals surface area contributed by atoms with Crippen LogP contribution in [-0.4, -0.2) is 40.0 Å². The molecule has 1 aromatic heterocycles. The second kappa shape index (κ2) is 6.07. The summed E-state index contributed by atoms with van der Waals surface area (Å²) in [6.07, 6.45) is 3.22. The lowest BCUT2D eigenvalue weighted by Gasteiger charge is -2.24. The highest BCUT2D eigenvalue weighted by molar-refractivity contribution is 5.83. The lowest BCUT2D eigenvalue weighted by molar-refractivity contribution is -0.130. The quantitative estimate of drug-likeness (QED) is 0.902. The Morgan fingerprint density at radius 2 is 2.10 bits per heavy atom. The van der Waals surface area contributed by atoms with Crippen molar-refractivity contribution in [2.75, 3.05) is 18.9 Å². The number of aromatic nitrogens is 2. The molecule has 1 amide bonds. The predicted octanol–water partition coefficient (Wildman–Crippen LogP) is 1.28. The highest BCUT2D eigenvalue weighted by atomic mass is 16.2. The van der Waals surface area contributed by atoms with E-state index in [4.69, 9.17) is 0 Å².